The molecule has 0 aliphatic heterocycles. The molecule has 0 aromatic carbocycles. The van der Waals surface area contributed by atoms with Crippen LogP contribution in [0.2, 0.25) is 4.55 Å². The summed E-state index contributed by atoms with van der Waals surface area (Å²) in [6.07, 6.45) is 14.6. The summed E-state index contributed by atoms with van der Waals surface area (Å²) in [7, 11) is -4.64. The first-order valence-corrected chi connectivity index (χ1v) is 9.55. The predicted molar refractivity (Wildman–Crippen MR) is 76.7 cm³/mol. The molecule has 18 heavy (non-hydrogen) atoms. The smallest absolute Gasteiger partial charge is 0.303 e. The Hall–Kier alpha value is 0.876. The molecule has 0 saturated heterocycles. The van der Waals surface area contributed by atoms with Crippen molar-refractivity contribution in [3.63, 3.8) is 0 Å². The second kappa shape index (κ2) is 15.9. The molecular formula is C12H28MgO4P+2. The Morgan fingerprint density at radius 1 is 0.778 bits per heavy atom. The van der Waals surface area contributed by atoms with Gasteiger partial charge in [0.05, 0.1) is 0 Å². The van der Waals surface area contributed by atoms with Crippen LogP contribution >= 0.6 is 7.82 Å². The van der Waals surface area contributed by atoms with Gasteiger partial charge in [-0.25, -0.2) is 4.57 Å². The summed E-state index contributed by atoms with van der Waals surface area (Å²) in [6.45, 7) is 2.28. The summed E-state index contributed by atoms with van der Waals surface area (Å²) in [5.74, 6) is 0. The van der Waals surface area contributed by atoms with Gasteiger partial charge in [-0.1, -0.05) is 58.3 Å². The minimum atomic E-state index is -4.64. The van der Waals surface area contributed by atoms with E-state index in [0.29, 0.717) is 0 Å². The van der Waals surface area contributed by atoms with Crippen molar-refractivity contribution >= 4 is 29.5 Å². The molecule has 0 aromatic heterocycles. The van der Waals surface area contributed by atoms with Gasteiger partial charge >= 0.3 is 29.5 Å². The van der Waals surface area contributed by atoms with Crippen LogP contribution in [0.1, 0.15) is 71.1 Å². The molecule has 7 radical (unpaired) electrons. The number of hydrogen-bond acceptors (Lipinski definition) is 1. The quantitative estimate of drug-likeness (QED) is 0.327. The topological polar surface area (TPSA) is 77.8 Å². The number of rotatable bonds is 10. The van der Waals surface area contributed by atoms with Crippen molar-refractivity contribution < 1.29 is 19.2 Å². The third-order valence-electron chi connectivity index (χ3n) is 2.60. The standard InChI is InChI=1S/C12H25.Mg.H3O4P/c1-3-5-7-9-11-12-10-8-6-4-2;;1-5(2,3)4/h1,3-12H2,2H3;;(H3,1,2,3,4)/q;+2;. The van der Waals surface area contributed by atoms with Crippen LogP contribution in [0.5, 0.6) is 0 Å². The molecule has 3 N–H and O–H groups in total. The highest BCUT2D eigenvalue weighted by atomic mass is 31.2. The molecule has 105 valence electrons. The summed E-state index contributed by atoms with van der Waals surface area (Å²) in [5, 5.41) is 0. The zero-order valence-corrected chi connectivity index (χ0v) is 14.0. The van der Waals surface area contributed by atoms with Gasteiger partial charge in [0.1, 0.15) is 0 Å². The highest BCUT2D eigenvalue weighted by molar-refractivity contribution is 7.45. The molecule has 0 fully saturated rings. The highest BCUT2D eigenvalue weighted by Gasteiger charge is 2.19. The highest BCUT2D eigenvalue weighted by Crippen LogP contribution is 2.25. The summed E-state index contributed by atoms with van der Waals surface area (Å²) < 4.78 is 10.3. The van der Waals surface area contributed by atoms with Crippen LogP contribution in [0.15, 0.2) is 0 Å². The van der Waals surface area contributed by atoms with E-state index in [-0.39, 0.29) is 0 Å². The van der Waals surface area contributed by atoms with Crippen LogP contribution in [0, 0.1) is 0 Å². The van der Waals surface area contributed by atoms with Gasteiger partial charge < -0.3 is 14.7 Å². The van der Waals surface area contributed by atoms with Gasteiger partial charge in [-0.3, -0.25) is 0 Å². The Labute approximate surface area is 124 Å². The van der Waals surface area contributed by atoms with Gasteiger partial charge in [0.15, 0.2) is 0 Å². The Balaban J connectivity index is 0. The lowest BCUT2D eigenvalue weighted by atomic mass is 10.1. The van der Waals surface area contributed by atoms with Gasteiger partial charge in [0, 0.05) is 6.42 Å². The molecule has 0 spiro atoms. The molecule has 0 saturated carbocycles. The zero-order valence-electron chi connectivity index (χ0n) is 11.7. The fourth-order valence-corrected chi connectivity index (χ4v) is 2.02. The Kier molecular flexibility index (Phi) is 18.7. The van der Waals surface area contributed by atoms with E-state index in [9.17, 15) is 0 Å². The predicted octanol–water partition coefficient (Wildman–Crippen LogP) is 3.57. The molecule has 0 aromatic rings. The van der Waals surface area contributed by atoms with Gasteiger partial charge in [-0.2, -0.15) is 0 Å². The monoisotopic (exact) mass is 291 g/mol. The van der Waals surface area contributed by atoms with E-state index in [1.54, 1.807) is 0 Å². The van der Waals surface area contributed by atoms with Crippen molar-refractivity contribution in [2.45, 2.75) is 75.7 Å². The average molecular weight is 292 g/mol. The Morgan fingerprint density at radius 2 is 1.06 bits per heavy atom. The molecule has 0 aliphatic rings. The first kappa shape index (κ1) is 21.2. The van der Waals surface area contributed by atoms with Crippen molar-refractivity contribution in [3.8, 4) is 0 Å². The first-order valence-electron chi connectivity index (χ1n) is 6.99. The minimum absolute atomic E-state index is 1.37. The maximum atomic E-state index is 8.88. The molecule has 6 heteroatoms. The molecule has 0 aliphatic carbocycles. The summed E-state index contributed by atoms with van der Waals surface area (Å²) in [5.41, 5.74) is 0. The van der Waals surface area contributed by atoms with E-state index in [2.05, 4.69) is 28.6 Å². The van der Waals surface area contributed by atoms with Crippen LogP contribution in [0.3, 0.4) is 0 Å². The van der Waals surface area contributed by atoms with Crippen molar-refractivity contribution in [1.82, 2.24) is 0 Å². The Bertz CT molecular complexity index is 178. The lowest BCUT2D eigenvalue weighted by Crippen LogP contribution is -1.81. The van der Waals surface area contributed by atoms with Crippen LogP contribution in [0.25, 0.3) is 0 Å². The fourth-order valence-electron chi connectivity index (χ4n) is 1.66. The lowest BCUT2D eigenvalue weighted by Gasteiger charge is -1.99. The maximum absolute atomic E-state index is 8.88. The summed E-state index contributed by atoms with van der Waals surface area (Å²) in [6, 6.07) is 0. The number of hydrogen-bond donors (Lipinski definition) is 3. The molecule has 0 unspecified atom stereocenters. The molecule has 0 bridgehead atoms. The van der Waals surface area contributed by atoms with Crippen molar-refractivity contribution in [3.05, 3.63) is 0 Å². The number of phosphoric acid groups is 1. The van der Waals surface area contributed by atoms with E-state index in [0.717, 1.165) is 0 Å². The third kappa shape index (κ3) is 36.0. The van der Waals surface area contributed by atoms with Gasteiger partial charge in [0.2, 0.25) is 0 Å². The third-order valence-corrected chi connectivity index (χ3v) is 3.10. The van der Waals surface area contributed by atoms with Gasteiger partial charge in [-0.15, -0.1) is 0 Å². The van der Waals surface area contributed by atoms with E-state index in [4.69, 9.17) is 19.2 Å². The van der Waals surface area contributed by atoms with E-state index < -0.39 is 7.82 Å². The second-order valence-corrected chi connectivity index (χ2v) is 6.28. The lowest BCUT2D eigenvalue weighted by molar-refractivity contribution is 0.275. The van der Waals surface area contributed by atoms with E-state index in [1.807, 2.05) is 0 Å². The largest absolute Gasteiger partial charge is 1.41 e. The molecule has 4 nitrogen and oxygen atoms in total. The van der Waals surface area contributed by atoms with Crippen LogP contribution < -0.4 is 0 Å². The first-order chi connectivity index (χ1) is 8.41. The van der Waals surface area contributed by atoms with Crippen molar-refractivity contribution in [1.29, 1.82) is 0 Å². The molecule has 0 atom stereocenters. The normalized spacial score (nSPS) is 10.9. The molecule has 0 rings (SSSR count). The second-order valence-electron chi connectivity index (χ2n) is 4.55. The van der Waals surface area contributed by atoms with Crippen molar-refractivity contribution in [2.24, 2.45) is 0 Å². The fraction of sp³-hybridized carbons (Fsp3) is 1.00. The van der Waals surface area contributed by atoms with Crippen LogP contribution in [-0.4, -0.2) is 36.4 Å². The maximum Gasteiger partial charge on any atom is 1.41 e. The van der Waals surface area contributed by atoms with Crippen molar-refractivity contribution in [2.75, 3.05) is 0 Å². The van der Waals surface area contributed by atoms with Gasteiger partial charge in [-0.05, 0) is 6.42 Å². The number of unbranched alkanes of at least 4 members (excludes halogenated alkanes) is 9. The summed E-state index contributed by atoms with van der Waals surface area (Å²) in [4.78, 5) is 21.6. The van der Waals surface area contributed by atoms with E-state index in [1.165, 1.54) is 68.8 Å². The Morgan fingerprint density at radius 3 is 1.33 bits per heavy atom. The molecule has 0 amide bonds. The van der Waals surface area contributed by atoms with Gasteiger partial charge in [0.25, 0.3) is 4.55 Å². The minimum Gasteiger partial charge on any atom is -0.303 e. The molecule has 0 heterocycles. The average Bonchev–Trinajstić information content (AvgIpc) is 2.25. The molecular weight excluding hydrogens is 263 g/mol. The van der Waals surface area contributed by atoms with Crippen LogP contribution in [0.4, 0.5) is 0 Å². The SMILES string of the molecule is CCCCCCCCCCC[CH2][Mg+2].O=P(O)(O)O. The van der Waals surface area contributed by atoms with Crippen LogP contribution in [-0.2, 0) is 4.57 Å². The van der Waals surface area contributed by atoms with E-state index >= 15 is 0 Å². The zero-order chi connectivity index (χ0) is 14.3. The summed E-state index contributed by atoms with van der Waals surface area (Å²) >= 11 is 2.11.